The number of carbonyl (C=O) groups is 1. The van der Waals surface area contributed by atoms with Gasteiger partial charge in [0, 0.05) is 41.9 Å². The number of nitrogens with zero attached hydrogens (tertiary/aromatic N) is 5. The second-order valence-corrected chi connectivity index (χ2v) is 8.49. The molecule has 0 saturated heterocycles. The molecule has 2 aromatic heterocycles. The number of fused-ring (bicyclic) bond motifs is 3. The SMILES string of the molecule is C[C@@H]1C(=O)C(C#N)C[C@@]2(c3ccccc3)c3nn(C)c(-c4cncnc4)c3CC[C@@H]12. The van der Waals surface area contributed by atoms with Crippen molar-refractivity contribution in [3.8, 4) is 17.3 Å². The maximum Gasteiger partial charge on any atom is 0.153 e. The van der Waals surface area contributed by atoms with Crippen molar-refractivity contribution >= 4 is 5.78 Å². The van der Waals surface area contributed by atoms with Crippen LogP contribution in [0, 0.1) is 29.1 Å². The lowest BCUT2D eigenvalue weighted by atomic mass is 9.51. The summed E-state index contributed by atoms with van der Waals surface area (Å²) < 4.78 is 1.92. The van der Waals surface area contributed by atoms with E-state index in [4.69, 9.17) is 5.10 Å². The summed E-state index contributed by atoms with van der Waals surface area (Å²) in [5.74, 6) is -0.598. The van der Waals surface area contributed by atoms with Crippen LogP contribution in [-0.4, -0.2) is 25.5 Å². The van der Waals surface area contributed by atoms with Crippen molar-refractivity contribution in [1.29, 1.82) is 5.26 Å². The summed E-state index contributed by atoms with van der Waals surface area (Å²) in [4.78, 5) is 21.3. The smallest absolute Gasteiger partial charge is 0.153 e. The number of carbonyl (C=O) groups excluding carboxylic acids is 1. The fourth-order valence-electron chi connectivity index (χ4n) is 5.84. The second kappa shape index (κ2) is 6.88. The van der Waals surface area contributed by atoms with Gasteiger partial charge in [-0.3, -0.25) is 9.48 Å². The molecular formula is C24H23N5O. The minimum Gasteiger partial charge on any atom is -0.298 e. The van der Waals surface area contributed by atoms with E-state index in [1.54, 1.807) is 0 Å². The van der Waals surface area contributed by atoms with E-state index in [1.165, 1.54) is 11.9 Å². The molecule has 1 aromatic carbocycles. The first-order valence-electron chi connectivity index (χ1n) is 10.4. The zero-order valence-corrected chi connectivity index (χ0v) is 17.1. The van der Waals surface area contributed by atoms with Gasteiger partial charge in [0.15, 0.2) is 5.78 Å². The van der Waals surface area contributed by atoms with Crippen LogP contribution < -0.4 is 0 Å². The fraction of sp³-hybridized carbons (Fsp3) is 0.375. The zero-order chi connectivity index (χ0) is 20.9. The van der Waals surface area contributed by atoms with Crippen molar-refractivity contribution in [1.82, 2.24) is 19.7 Å². The Labute approximate surface area is 175 Å². The average Bonchev–Trinajstić information content (AvgIpc) is 3.13. The van der Waals surface area contributed by atoms with Crippen molar-refractivity contribution in [3.05, 3.63) is 65.9 Å². The van der Waals surface area contributed by atoms with Gasteiger partial charge >= 0.3 is 0 Å². The number of nitriles is 1. The molecular weight excluding hydrogens is 374 g/mol. The predicted molar refractivity (Wildman–Crippen MR) is 111 cm³/mol. The molecule has 2 aliphatic rings. The molecule has 0 aliphatic heterocycles. The van der Waals surface area contributed by atoms with E-state index >= 15 is 0 Å². The maximum absolute atomic E-state index is 12.9. The number of hydrogen-bond acceptors (Lipinski definition) is 5. The Morgan fingerprint density at radius 3 is 2.63 bits per heavy atom. The Kier molecular flexibility index (Phi) is 4.28. The molecule has 5 rings (SSSR count). The van der Waals surface area contributed by atoms with Gasteiger partial charge in [-0.15, -0.1) is 0 Å². The Bertz CT molecular complexity index is 1150. The first-order chi connectivity index (χ1) is 14.6. The molecule has 4 atom stereocenters. The zero-order valence-electron chi connectivity index (χ0n) is 17.1. The van der Waals surface area contributed by atoms with Gasteiger partial charge in [0.25, 0.3) is 0 Å². The topological polar surface area (TPSA) is 84.5 Å². The van der Waals surface area contributed by atoms with Crippen molar-refractivity contribution in [2.75, 3.05) is 0 Å². The van der Waals surface area contributed by atoms with Crippen LogP contribution in [-0.2, 0) is 23.7 Å². The summed E-state index contributed by atoms with van der Waals surface area (Å²) in [5.41, 5.74) is 4.85. The Hall–Kier alpha value is -3.33. The van der Waals surface area contributed by atoms with Gasteiger partial charge in [0.2, 0.25) is 0 Å². The standard InChI is InChI=1S/C24H23N5O/c1-15-20-9-8-19-21(17-12-26-14-27-13-17)29(2)28-23(19)24(20,10-16(11-25)22(15)30)18-6-4-3-5-7-18/h3-7,12-16,20H,8-10H2,1-2H3/t15-,16?,20-,24-/m0/s1. The lowest BCUT2D eigenvalue weighted by Crippen LogP contribution is -2.52. The summed E-state index contributed by atoms with van der Waals surface area (Å²) in [7, 11) is 1.95. The number of hydrogen-bond donors (Lipinski definition) is 0. The van der Waals surface area contributed by atoms with Crippen LogP contribution in [0.3, 0.4) is 0 Å². The molecule has 0 N–H and O–H groups in total. The highest BCUT2D eigenvalue weighted by atomic mass is 16.1. The van der Waals surface area contributed by atoms with Crippen LogP contribution in [0.4, 0.5) is 0 Å². The number of Topliss-reactive ketones (excluding diaryl/α,β-unsaturated/α-hetero) is 1. The number of rotatable bonds is 2. The summed E-state index contributed by atoms with van der Waals surface area (Å²) in [6, 6.07) is 12.6. The lowest BCUT2D eigenvalue weighted by Gasteiger charge is -2.50. The van der Waals surface area contributed by atoms with E-state index < -0.39 is 11.3 Å². The van der Waals surface area contributed by atoms with Gasteiger partial charge in [-0.1, -0.05) is 37.3 Å². The lowest BCUT2D eigenvalue weighted by molar-refractivity contribution is -0.131. The minimum atomic E-state index is -0.618. The van der Waals surface area contributed by atoms with Crippen LogP contribution >= 0.6 is 0 Å². The molecule has 2 aliphatic carbocycles. The molecule has 30 heavy (non-hydrogen) atoms. The summed E-state index contributed by atoms with van der Waals surface area (Å²) >= 11 is 0. The van der Waals surface area contributed by atoms with Crippen LogP contribution in [0.5, 0.6) is 0 Å². The van der Waals surface area contributed by atoms with Crippen molar-refractivity contribution < 1.29 is 4.79 Å². The molecule has 2 heterocycles. The summed E-state index contributed by atoms with van der Waals surface area (Å²) in [6.45, 7) is 1.99. The largest absolute Gasteiger partial charge is 0.298 e. The van der Waals surface area contributed by atoms with Crippen LogP contribution in [0.2, 0.25) is 0 Å². The molecule has 6 heteroatoms. The third-order valence-corrected chi connectivity index (χ3v) is 7.11. The molecule has 1 saturated carbocycles. The third kappa shape index (κ3) is 2.48. The Balaban J connectivity index is 1.79. The van der Waals surface area contributed by atoms with Crippen molar-refractivity contribution in [2.45, 2.75) is 31.6 Å². The quantitative estimate of drug-likeness (QED) is 0.661. The van der Waals surface area contributed by atoms with E-state index in [0.717, 1.165) is 35.4 Å². The maximum atomic E-state index is 12.9. The Morgan fingerprint density at radius 2 is 1.93 bits per heavy atom. The van der Waals surface area contributed by atoms with E-state index in [-0.39, 0.29) is 17.6 Å². The van der Waals surface area contributed by atoms with Gasteiger partial charge in [-0.25, -0.2) is 9.97 Å². The van der Waals surface area contributed by atoms with Gasteiger partial charge < -0.3 is 0 Å². The first-order valence-corrected chi connectivity index (χ1v) is 10.4. The van der Waals surface area contributed by atoms with Crippen molar-refractivity contribution in [2.24, 2.45) is 24.8 Å². The molecule has 0 radical (unpaired) electrons. The van der Waals surface area contributed by atoms with Crippen molar-refractivity contribution in [3.63, 3.8) is 0 Å². The molecule has 0 spiro atoms. The van der Waals surface area contributed by atoms with Gasteiger partial charge in [0.1, 0.15) is 12.2 Å². The molecule has 3 aromatic rings. The van der Waals surface area contributed by atoms with E-state index in [9.17, 15) is 10.1 Å². The summed E-state index contributed by atoms with van der Waals surface area (Å²) in [5, 5.41) is 14.8. The van der Waals surface area contributed by atoms with Crippen LogP contribution in [0.25, 0.3) is 11.3 Å². The number of aromatic nitrogens is 4. The predicted octanol–water partition coefficient (Wildman–Crippen LogP) is 3.47. The molecule has 0 amide bonds. The number of ketones is 1. The van der Waals surface area contributed by atoms with Crippen LogP contribution in [0.15, 0.2) is 49.1 Å². The van der Waals surface area contributed by atoms with Gasteiger partial charge in [0.05, 0.1) is 17.5 Å². The molecule has 0 bridgehead atoms. The highest BCUT2D eigenvalue weighted by Gasteiger charge is 2.57. The first kappa shape index (κ1) is 18.7. The molecule has 1 unspecified atom stereocenters. The summed E-state index contributed by atoms with van der Waals surface area (Å²) in [6.07, 6.45) is 7.38. The number of benzene rings is 1. The minimum absolute atomic E-state index is 0.0742. The number of aryl methyl sites for hydroxylation is 1. The molecule has 1 fully saturated rings. The Morgan fingerprint density at radius 1 is 1.20 bits per heavy atom. The van der Waals surface area contributed by atoms with Crippen LogP contribution in [0.1, 0.15) is 36.6 Å². The third-order valence-electron chi connectivity index (χ3n) is 7.11. The monoisotopic (exact) mass is 397 g/mol. The van der Waals surface area contributed by atoms with E-state index in [0.29, 0.717) is 6.42 Å². The van der Waals surface area contributed by atoms with Gasteiger partial charge in [-0.2, -0.15) is 10.4 Å². The van der Waals surface area contributed by atoms with E-state index in [1.807, 2.05) is 49.2 Å². The second-order valence-electron chi connectivity index (χ2n) is 8.49. The molecule has 6 nitrogen and oxygen atoms in total. The van der Waals surface area contributed by atoms with Gasteiger partial charge in [-0.05, 0) is 30.7 Å². The highest BCUT2D eigenvalue weighted by molar-refractivity contribution is 5.87. The highest BCUT2D eigenvalue weighted by Crippen LogP contribution is 2.56. The fourth-order valence-corrected chi connectivity index (χ4v) is 5.84. The van der Waals surface area contributed by atoms with E-state index in [2.05, 4.69) is 28.2 Å². The molecule has 150 valence electrons. The average molecular weight is 397 g/mol. The normalized spacial score (nSPS) is 27.8.